The lowest BCUT2D eigenvalue weighted by Crippen LogP contribution is -2.04. The molecule has 2 rings (SSSR count). The van der Waals surface area contributed by atoms with Crippen molar-refractivity contribution in [1.29, 1.82) is 0 Å². The Morgan fingerprint density at radius 2 is 2.07 bits per heavy atom. The molecule has 76 valence electrons. The van der Waals surface area contributed by atoms with E-state index in [2.05, 4.69) is 28.2 Å². The molecule has 0 saturated heterocycles. The number of aromatic nitrogens is 2. The number of aryl methyl sites for hydroxylation is 2. The molecule has 0 amide bonds. The van der Waals surface area contributed by atoms with Crippen LogP contribution >= 0.6 is 0 Å². The minimum absolute atomic E-state index is 0.177. The summed E-state index contributed by atoms with van der Waals surface area (Å²) in [6.07, 6.45) is 2.95. The predicted octanol–water partition coefficient (Wildman–Crippen LogP) is 2.05. The summed E-state index contributed by atoms with van der Waals surface area (Å²) in [6.45, 7) is 4.07. The number of aromatic amines is 1. The first-order valence-corrected chi connectivity index (χ1v) is 4.79. The average molecular weight is 200 g/mol. The van der Waals surface area contributed by atoms with Gasteiger partial charge in [0, 0.05) is 11.8 Å². The van der Waals surface area contributed by atoms with Crippen molar-refractivity contribution in [2.75, 3.05) is 0 Å². The largest absolute Gasteiger partial charge is 0.326 e. The maximum Gasteiger partial charge on any atom is 0.266 e. The standard InChI is InChI=1S/C12H12N2O/c1-8-3-4-9(2)10(5-8)11-6-14-12(15)7-13-11/h3-7H,1-2H3,(H,14,15). The highest BCUT2D eigenvalue weighted by Crippen LogP contribution is 2.20. The van der Waals surface area contributed by atoms with Crippen LogP contribution in [0.5, 0.6) is 0 Å². The Labute approximate surface area is 87.8 Å². The molecule has 0 aliphatic carbocycles. The lowest BCUT2D eigenvalue weighted by molar-refractivity contribution is 1.14. The molecule has 3 heteroatoms. The second-order valence-corrected chi connectivity index (χ2v) is 3.61. The van der Waals surface area contributed by atoms with Crippen LogP contribution in [0, 0.1) is 13.8 Å². The first kappa shape index (κ1) is 9.65. The van der Waals surface area contributed by atoms with Gasteiger partial charge in [0.1, 0.15) is 0 Å². The van der Waals surface area contributed by atoms with E-state index in [0.717, 1.165) is 16.8 Å². The van der Waals surface area contributed by atoms with E-state index in [1.165, 1.54) is 11.8 Å². The smallest absolute Gasteiger partial charge is 0.266 e. The molecule has 0 unspecified atom stereocenters. The minimum atomic E-state index is -0.177. The second-order valence-electron chi connectivity index (χ2n) is 3.61. The predicted molar refractivity (Wildman–Crippen MR) is 59.8 cm³/mol. The number of hydrogen-bond donors (Lipinski definition) is 1. The highest BCUT2D eigenvalue weighted by molar-refractivity contribution is 5.63. The molecule has 2 aromatic rings. The molecule has 1 N–H and O–H groups in total. The van der Waals surface area contributed by atoms with Crippen LogP contribution in [0.25, 0.3) is 11.3 Å². The summed E-state index contributed by atoms with van der Waals surface area (Å²) in [5.41, 5.74) is 4.02. The molecular formula is C12H12N2O. The maximum absolute atomic E-state index is 10.9. The highest BCUT2D eigenvalue weighted by Gasteiger charge is 2.03. The zero-order valence-electron chi connectivity index (χ0n) is 8.74. The number of nitrogens with one attached hydrogen (secondary N) is 1. The van der Waals surface area contributed by atoms with Crippen molar-refractivity contribution in [2.24, 2.45) is 0 Å². The molecule has 1 aromatic heterocycles. The molecule has 0 radical (unpaired) electrons. The number of hydrogen-bond acceptors (Lipinski definition) is 2. The first-order chi connectivity index (χ1) is 7.16. The van der Waals surface area contributed by atoms with Gasteiger partial charge in [-0.3, -0.25) is 4.79 Å². The lowest BCUT2D eigenvalue weighted by atomic mass is 10.0. The molecule has 0 aliphatic rings. The van der Waals surface area contributed by atoms with E-state index < -0.39 is 0 Å². The molecule has 0 fully saturated rings. The zero-order valence-corrected chi connectivity index (χ0v) is 8.74. The number of H-pyrrole nitrogens is 1. The van der Waals surface area contributed by atoms with Gasteiger partial charge in [-0.25, -0.2) is 4.98 Å². The molecule has 3 nitrogen and oxygen atoms in total. The molecule has 0 bridgehead atoms. The van der Waals surface area contributed by atoms with Crippen LogP contribution < -0.4 is 5.56 Å². The van der Waals surface area contributed by atoms with Crippen LogP contribution in [-0.2, 0) is 0 Å². The van der Waals surface area contributed by atoms with Crippen LogP contribution in [0.15, 0.2) is 35.4 Å². The van der Waals surface area contributed by atoms with E-state index in [1.54, 1.807) is 6.20 Å². The fraction of sp³-hybridized carbons (Fsp3) is 0.167. The van der Waals surface area contributed by atoms with Crippen molar-refractivity contribution in [3.05, 3.63) is 52.1 Å². The summed E-state index contributed by atoms with van der Waals surface area (Å²) in [7, 11) is 0. The Bertz CT molecular complexity index is 523. The summed E-state index contributed by atoms with van der Waals surface area (Å²) in [4.78, 5) is 17.6. The van der Waals surface area contributed by atoms with E-state index in [0.29, 0.717) is 0 Å². The Kier molecular flexibility index (Phi) is 2.37. The molecule has 1 aromatic carbocycles. The Balaban J connectivity index is 2.58. The van der Waals surface area contributed by atoms with E-state index in [9.17, 15) is 4.79 Å². The normalized spacial score (nSPS) is 10.3. The monoisotopic (exact) mass is 200 g/mol. The third-order valence-electron chi connectivity index (χ3n) is 2.34. The van der Waals surface area contributed by atoms with Crippen LogP contribution in [-0.4, -0.2) is 9.97 Å². The summed E-state index contributed by atoms with van der Waals surface area (Å²) >= 11 is 0. The van der Waals surface area contributed by atoms with E-state index in [4.69, 9.17) is 0 Å². The highest BCUT2D eigenvalue weighted by atomic mass is 16.1. The van der Waals surface area contributed by atoms with Gasteiger partial charge >= 0.3 is 0 Å². The molecule has 0 saturated carbocycles. The van der Waals surface area contributed by atoms with Crippen LogP contribution in [0.3, 0.4) is 0 Å². The van der Waals surface area contributed by atoms with E-state index >= 15 is 0 Å². The first-order valence-electron chi connectivity index (χ1n) is 4.79. The summed E-state index contributed by atoms with van der Waals surface area (Å²) in [5.74, 6) is 0. The number of benzene rings is 1. The molecule has 0 aliphatic heterocycles. The van der Waals surface area contributed by atoms with Crippen molar-refractivity contribution in [1.82, 2.24) is 9.97 Å². The molecule has 15 heavy (non-hydrogen) atoms. The quantitative estimate of drug-likeness (QED) is 0.765. The van der Waals surface area contributed by atoms with Gasteiger partial charge in [-0.2, -0.15) is 0 Å². The minimum Gasteiger partial charge on any atom is -0.326 e. The average Bonchev–Trinajstić information content (AvgIpc) is 2.23. The molecule has 0 atom stereocenters. The van der Waals surface area contributed by atoms with Gasteiger partial charge in [-0.1, -0.05) is 17.7 Å². The van der Waals surface area contributed by atoms with Gasteiger partial charge in [0.15, 0.2) is 0 Å². The van der Waals surface area contributed by atoms with Gasteiger partial charge in [0.25, 0.3) is 5.56 Å². The van der Waals surface area contributed by atoms with Crippen LogP contribution in [0.1, 0.15) is 11.1 Å². The Morgan fingerprint density at radius 3 is 2.73 bits per heavy atom. The third-order valence-corrected chi connectivity index (χ3v) is 2.34. The van der Waals surface area contributed by atoms with E-state index in [-0.39, 0.29) is 5.56 Å². The molecule has 1 heterocycles. The lowest BCUT2D eigenvalue weighted by Gasteiger charge is -2.05. The number of nitrogens with zero attached hydrogens (tertiary/aromatic N) is 1. The van der Waals surface area contributed by atoms with Crippen LogP contribution in [0.4, 0.5) is 0 Å². The van der Waals surface area contributed by atoms with E-state index in [1.807, 2.05) is 13.8 Å². The summed E-state index contributed by atoms with van der Waals surface area (Å²) in [5, 5.41) is 0. The fourth-order valence-electron chi connectivity index (χ4n) is 1.50. The van der Waals surface area contributed by atoms with Crippen LogP contribution in [0.2, 0.25) is 0 Å². The van der Waals surface area contributed by atoms with Crippen molar-refractivity contribution in [2.45, 2.75) is 13.8 Å². The summed E-state index contributed by atoms with van der Waals surface area (Å²) < 4.78 is 0. The Hall–Kier alpha value is -1.90. The SMILES string of the molecule is Cc1ccc(C)c(-c2c[nH]c(=O)cn2)c1. The fourth-order valence-corrected chi connectivity index (χ4v) is 1.50. The van der Waals surface area contributed by atoms with Crippen molar-refractivity contribution in [3.8, 4) is 11.3 Å². The topological polar surface area (TPSA) is 45.8 Å². The van der Waals surface area contributed by atoms with Crippen molar-refractivity contribution >= 4 is 0 Å². The summed E-state index contributed by atoms with van der Waals surface area (Å²) in [6, 6.07) is 6.18. The van der Waals surface area contributed by atoms with Gasteiger partial charge in [-0.15, -0.1) is 0 Å². The second kappa shape index (κ2) is 3.69. The van der Waals surface area contributed by atoms with Gasteiger partial charge in [0.2, 0.25) is 0 Å². The molecule has 0 spiro atoms. The van der Waals surface area contributed by atoms with Gasteiger partial charge in [0.05, 0.1) is 11.9 Å². The van der Waals surface area contributed by atoms with Crippen molar-refractivity contribution in [3.63, 3.8) is 0 Å². The zero-order chi connectivity index (χ0) is 10.8. The van der Waals surface area contributed by atoms with Gasteiger partial charge in [-0.05, 0) is 25.5 Å². The molecular weight excluding hydrogens is 188 g/mol. The number of rotatable bonds is 1. The Morgan fingerprint density at radius 1 is 1.27 bits per heavy atom. The van der Waals surface area contributed by atoms with Gasteiger partial charge < -0.3 is 4.98 Å². The third kappa shape index (κ3) is 1.96. The maximum atomic E-state index is 10.9. The van der Waals surface area contributed by atoms with Crippen molar-refractivity contribution < 1.29 is 0 Å².